The SMILES string of the molecule is Brc1sccc1Cc1cnc[nH]1. The van der Waals surface area contributed by atoms with Crippen molar-refractivity contribution >= 4 is 27.3 Å². The first kappa shape index (κ1) is 8.01. The summed E-state index contributed by atoms with van der Waals surface area (Å²) in [6, 6.07) is 2.12. The van der Waals surface area contributed by atoms with E-state index >= 15 is 0 Å². The largest absolute Gasteiger partial charge is 0.348 e. The van der Waals surface area contributed by atoms with Crippen molar-refractivity contribution in [2.75, 3.05) is 0 Å². The van der Waals surface area contributed by atoms with E-state index in [0.29, 0.717) is 0 Å². The van der Waals surface area contributed by atoms with Gasteiger partial charge in [0.25, 0.3) is 0 Å². The first-order chi connectivity index (χ1) is 5.86. The van der Waals surface area contributed by atoms with E-state index in [9.17, 15) is 0 Å². The van der Waals surface area contributed by atoms with Crippen LogP contribution in [-0.2, 0) is 6.42 Å². The van der Waals surface area contributed by atoms with Gasteiger partial charge in [0, 0.05) is 18.3 Å². The van der Waals surface area contributed by atoms with Crippen molar-refractivity contribution in [2.45, 2.75) is 6.42 Å². The van der Waals surface area contributed by atoms with Crippen molar-refractivity contribution in [1.29, 1.82) is 0 Å². The van der Waals surface area contributed by atoms with E-state index < -0.39 is 0 Å². The molecule has 0 saturated carbocycles. The van der Waals surface area contributed by atoms with Gasteiger partial charge < -0.3 is 4.98 Å². The molecule has 0 aromatic carbocycles. The van der Waals surface area contributed by atoms with Gasteiger partial charge in [-0.15, -0.1) is 11.3 Å². The molecule has 0 radical (unpaired) electrons. The summed E-state index contributed by atoms with van der Waals surface area (Å²) in [4.78, 5) is 7.04. The van der Waals surface area contributed by atoms with E-state index in [0.717, 1.165) is 12.1 Å². The Morgan fingerprint density at radius 2 is 2.50 bits per heavy atom. The highest BCUT2D eigenvalue weighted by atomic mass is 79.9. The maximum absolute atomic E-state index is 3.96. The van der Waals surface area contributed by atoms with Gasteiger partial charge in [-0.2, -0.15) is 0 Å². The van der Waals surface area contributed by atoms with Crippen LogP contribution in [0.25, 0.3) is 0 Å². The average molecular weight is 243 g/mol. The number of H-pyrrole nitrogens is 1. The number of rotatable bonds is 2. The van der Waals surface area contributed by atoms with Crippen molar-refractivity contribution in [3.05, 3.63) is 39.0 Å². The van der Waals surface area contributed by atoms with Gasteiger partial charge in [0.15, 0.2) is 0 Å². The van der Waals surface area contributed by atoms with Crippen molar-refractivity contribution in [3.63, 3.8) is 0 Å². The molecule has 0 spiro atoms. The minimum Gasteiger partial charge on any atom is -0.348 e. The van der Waals surface area contributed by atoms with Crippen molar-refractivity contribution in [2.24, 2.45) is 0 Å². The Labute approximate surface area is 82.8 Å². The summed E-state index contributed by atoms with van der Waals surface area (Å²) in [5, 5.41) is 2.08. The highest BCUT2D eigenvalue weighted by Gasteiger charge is 2.02. The standard InChI is InChI=1S/C8H7BrN2S/c9-8-6(1-2-12-8)3-7-4-10-5-11-7/h1-2,4-5H,3H2,(H,10,11). The van der Waals surface area contributed by atoms with Crippen molar-refractivity contribution < 1.29 is 0 Å². The maximum Gasteiger partial charge on any atom is 0.0921 e. The van der Waals surface area contributed by atoms with Gasteiger partial charge in [0.2, 0.25) is 0 Å². The van der Waals surface area contributed by atoms with Crippen LogP contribution in [0.2, 0.25) is 0 Å². The van der Waals surface area contributed by atoms with Gasteiger partial charge in [0.1, 0.15) is 0 Å². The quantitative estimate of drug-likeness (QED) is 0.863. The Hall–Kier alpha value is -0.610. The molecule has 12 heavy (non-hydrogen) atoms. The Bertz CT molecular complexity index is 353. The fraction of sp³-hybridized carbons (Fsp3) is 0.125. The van der Waals surface area contributed by atoms with Crippen LogP contribution < -0.4 is 0 Å². The third-order valence-corrected chi connectivity index (χ3v) is 3.44. The number of halogens is 1. The molecule has 4 heteroatoms. The van der Waals surface area contributed by atoms with Crippen molar-refractivity contribution in [1.82, 2.24) is 9.97 Å². The summed E-state index contributed by atoms with van der Waals surface area (Å²) in [6.07, 6.45) is 4.48. The molecule has 0 unspecified atom stereocenters. The summed E-state index contributed by atoms with van der Waals surface area (Å²) in [6.45, 7) is 0. The van der Waals surface area contributed by atoms with Crippen LogP contribution in [0.3, 0.4) is 0 Å². The number of aromatic nitrogens is 2. The third kappa shape index (κ3) is 1.59. The average Bonchev–Trinajstić information content (AvgIpc) is 2.65. The molecular weight excluding hydrogens is 236 g/mol. The first-order valence-electron chi connectivity index (χ1n) is 3.55. The molecule has 0 atom stereocenters. The monoisotopic (exact) mass is 242 g/mol. The lowest BCUT2D eigenvalue weighted by atomic mass is 10.2. The topological polar surface area (TPSA) is 28.7 Å². The lowest BCUT2D eigenvalue weighted by Crippen LogP contribution is -1.85. The van der Waals surface area contributed by atoms with E-state index in [2.05, 4.69) is 37.3 Å². The number of hydrogen-bond donors (Lipinski definition) is 1. The molecule has 0 aliphatic carbocycles. The fourth-order valence-electron chi connectivity index (χ4n) is 1.03. The van der Waals surface area contributed by atoms with Crippen molar-refractivity contribution in [3.8, 4) is 0 Å². The summed E-state index contributed by atoms with van der Waals surface area (Å²) < 4.78 is 1.21. The smallest absolute Gasteiger partial charge is 0.0921 e. The predicted octanol–water partition coefficient (Wildman–Crippen LogP) is 2.82. The number of nitrogens with one attached hydrogen (secondary N) is 1. The normalized spacial score (nSPS) is 10.4. The molecule has 0 saturated heterocycles. The van der Waals surface area contributed by atoms with Crippen LogP contribution in [-0.4, -0.2) is 9.97 Å². The predicted molar refractivity (Wildman–Crippen MR) is 53.4 cm³/mol. The Kier molecular flexibility index (Phi) is 2.28. The van der Waals surface area contributed by atoms with E-state index in [4.69, 9.17) is 0 Å². The zero-order chi connectivity index (χ0) is 8.39. The number of imidazole rings is 1. The Morgan fingerprint density at radius 1 is 1.58 bits per heavy atom. The van der Waals surface area contributed by atoms with Gasteiger partial charge in [-0.1, -0.05) is 0 Å². The molecule has 2 rings (SSSR count). The van der Waals surface area contributed by atoms with Crippen LogP contribution in [0.1, 0.15) is 11.3 Å². The lowest BCUT2D eigenvalue weighted by molar-refractivity contribution is 1.11. The maximum atomic E-state index is 3.96. The summed E-state index contributed by atoms with van der Waals surface area (Å²) in [7, 11) is 0. The van der Waals surface area contributed by atoms with Crippen LogP contribution in [0.15, 0.2) is 27.8 Å². The molecule has 62 valence electrons. The van der Waals surface area contributed by atoms with E-state index in [1.807, 2.05) is 6.20 Å². The Morgan fingerprint density at radius 3 is 3.08 bits per heavy atom. The lowest BCUT2D eigenvalue weighted by Gasteiger charge is -1.94. The zero-order valence-corrected chi connectivity index (χ0v) is 8.65. The van der Waals surface area contributed by atoms with Gasteiger partial charge in [0.05, 0.1) is 10.1 Å². The molecule has 0 amide bonds. The summed E-state index contributed by atoms with van der Waals surface area (Å²) >= 11 is 5.20. The van der Waals surface area contributed by atoms with Gasteiger partial charge in [-0.25, -0.2) is 4.98 Å². The minimum absolute atomic E-state index is 0.921. The second-order valence-electron chi connectivity index (χ2n) is 2.47. The molecular formula is C8H7BrN2S. The second-order valence-corrected chi connectivity index (χ2v) is 4.71. The molecule has 0 bridgehead atoms. The molecule has 2 aromatic rings. The van der Waals surface area contributed by atoms with E-state index in [-0.39, 0.29) is 0 Å². The first-order valence-corrected chi connectivity index (χ1v) is 5.22. The molecule has 2 aromatic heterocycles. The summed E-state index contributed by atoms with van der Waals surface area (Å²) in [5.41, 5.74) is 2.46. The van der Waals surface area contributed by atoms with E-state index in [1.165, 1.54) is 9.35 Å². The number of nitrogens with zero attached hydrogens (tertiary/aromatic N) is 1. The van der Waals surface area contributed by atoms with Crippen LogP contribution in [0.5, 0.6) is 0 Å². The number of aromatic amines is 1. The summed E-state index contributed by atoms with van der Waals surface area (Å²) in [5.74, 6) is 0. The number of thiophene rings is 1. The second kappa shape index (κ2) is 3.41. The molecule has 0 fully saturated rings. The zero-order valence-electron chi connectivity index (χ0n) is 6.25. The third-order valence-electron chi connectivity index (χ3n) is 1.63. The minimum atomic E-state index is 0.921. The van der Waals surface area contributed by atoms with E-state index in [1.54, 1.807) is 17.7 Å². The highest BCUT2D eigenvalue weighted by molar-refractivity contribution is 9.11. The van der Waals surface area contributed by atoms with Gasteiger partial charge >= 0.3 is 0 Å². The molecule has 1 N–H and O–H groups in total. The van der Waals surface area contributed by atoms with Crippen LogP contribution in [0.4, 0.5) is 0 Å². The molecule has 2 heterocycles. The Balaban J connectivity index is 2.20. The molecule has 0 aliphatic rings. The van der Waals surface area contributed by atoms with Crippen LogP contribution in [0, 0.1) is 0 Å². The fourth-order valence-corrected chi connectivity index (χ4v) is 2.27. The van der Waals surface area contributed by atoms with Gasteiger partial charge in [-0.05, 0) is 32.9 Å². The molecule has 0 aliphatic heterocycles. The number of hydrogen-bond acceptors (Lipinski definition) is 2. The van der Waals surface area contributed by atoms with Crippen LogP contribution >= 0.6 is 27.3 Å². The van der Waals surface area contributed by atoms with Gasteiger partial charge in [-0.3, -0.25) is 0 Å². The molecule has 2 nitrogen and oxygen atoms in total. The highest BCUT2D eigenvalue weighted by Crippen LogP contribution is 2.24.